The van der Waals surface area contributed by atoms with Crippen LogP contribution in [0.25, 0.3) is 0 Å². The van der Waals surface area contributed by atoms with Crippen molar-refractivity contribution in [1.29, 1.82) is 0 Å². The molecule has 0 saturated heterocycles. The summed E-state index contributed by atoms with van der Waals surface area (Å²) >= 11 is 0. The topological polar surface area (TPSA) is 74.6 Å². The molecular formula is C16H22O4. The molecule has 0 amide bonds. The zero-order valence-corrected chi connectivity index (χ0v) is 12.1. The first-order chi connectivity index (χ1) is 9.49. The van der Waals surface area contributed by atoms with Gasteiger partial charge in [0.15, 0.2) is 0 Å². The highest BCUT2D eigenvalue weighted by atomic mass is 16.4. The largest absolute Gasteiger partial charge is 0.478 e. The molecule has 0 saturated carbocycles. The smallest absolute Gasteiger partial charge is 0.336 e. The Hall–Kier alpha value is -1.84. The summed E-state index contributed by atoms with van der Waals surface area (Å²) in [4.78, 5) is 22.5. The molecule has 20 heavy (non-hydrogen) atoms. The van der Waals surface area contributed by atoms with Gasteiger partial charge in [0.1, 0.15) is 0 Å². The number of carboxylic acids is 2. The number of carboxylic acid groups (broad SMARTS) is 2. The van der Waals surface area contributed by atoms with Crippen LogP contribution in [0.4, 0.5) is 0 Å². The second-order valence-corrected chi connectivity index (χ2v) is 5.06. The highest BCUT2D eigenvalue weighted by Gasteiger charge is 2.21. The Morgan fingerprint density at radius 3 is 2.20 bits per heavy atom. The van der Waals surface area contributed by atoms with Crippen LogP contribution in [0, 0.1) is 6.92 Å². The molecule has 4 nitrogen and oxygen atoms in total. The molecule has 0 bridgehead atoms. The molecule has 1 aromatic carbocycles. The lowest BCUT2D eigenvalue weighted by Crippen LogP contribution is -2.13. The van der Waals surface area contributed by atoms with E-state index in [1.54, 1.807) is 6.07 Å². The van der Waals surface area contributed by atoms with Crippen LogP contribution in [0.15, 0.2) is 12.1 Å². The van der Waals surface area contributed by atoms with E-state index in [0.717, 1.165) is 31.2 Å². The second kappa shape index (κ2) is 7.68. The van der Waals surface area contributed by atoms with Crippen LogP contribution in [0.5, 0.6) is 0 Å². The van der Waals surface area contributed by atoms with Gasteiger partial charge >= 0.3 is 11.9 Å². The average molecular weight is 278 g/mol. The van der Waals surface area contributed by atoms with Gasteiger partial charge in [-0.25, -0.2) is 9.59 Å². The van der Waals surface area contributed by atoms with Crippen LogP contribution in [0.1, 0.15) is 70.9 Å². The van der Waals surface area contributed by atoms with Gasteiger partial charge in [-0.15, -0.1) is 0 Å². The van der Waals surface area contributed by atoms with E-state index < -0.39 is 11.9 Å². The normalized spacial score (nSPS) is 10.5. The van der Waals surface area contributed by atoms with Gasteiger partial charge < -0.3 is 10.2 Å². The SMILES string of the molecule is CCCCCCCc1c(C)ccc(C(=O)O)c1C(=O)O. The molecule has 0 aromatic heterocycles. The van der Waals surface area contributed by atoms with Gasteiger partial charge in [0.2, 0.25) is 0 Å². The monoisotopic (exact) mass is 278 g/mol. The number of hydrogen-bond donors (Lipinski definition) is 2. The van der Waals surface area contributed by atoms with Crippen molar-refractivity contribution >= 4 is 11.9 Å². The van der Waals surface area contributed by atoms with E-state index in [-0.39, 0.29) is 11.1 Å². The lowest BCUT2D eigenvalue weighted by Gasteiger charge is -2.12. The molecule has 0 aliphatic heterocycles. The first kappa shape index (κ1) is 16.2. The highest BCUT2D eigenvalue weighted by molar-refractivity contribution is 6.03. The Morgan fingerprint density at radius 2 is 1.65 bits per heavy atom. The lowest BCUT2D eigenvalue weighted by molar-refractivity contribution is 0.0650. The summed E-state index contributed by atoms with van der Waals surface area (Å²) in [6.07, 6.45) is 6.04. The third-order valence-corrected chi connectivity index (χ3v) is 3.52. The van der Waals surface area contributed by atoms with E-state index in [4.69, 9.17) is 5.11 Å². The van der Waals surface area contributed by atoms with Crippen LogP contribution in [0.2, 0.25) is 0 Å². The number of unbranched alkanes of at least 4 members (excludes halogenated alkanes) is 4. The van der Waals surface area contributed by atoms with Crippen LogP contribution >= 0.6 is 0 Å². The van der Waals surface area contributed by atoms with E-state index in [2.05, 4.69) is 6.92 Å². The Labute approximate surface area is 119 Å². The number of benzene rings is 1. The zero-order chi connectivity index (χ0) is 15.1. The predicted molar refractivity (Wildman–Crippen MR) is 77.6 cm³/mol. The second-order valence-electron chi connectivity index (χ2n) is 5.06. The summed E-state index contributed by atoms with van der Waals surface area (Å²) in [5, 5.41) is 18.4. The molecule has 0 aliphatic rings. The van der Waals surface area contributed by atoms with Gasteiger partial charge in [-0.3, -0.25) is 0 Å². The molecule has 0 spiro atoms. The van der Waals surface area contributed by atoms with Crippen molar-refractivity contribution < 1.29 is 19.8 Å². The molecule has 0 atom stereocenters. The molecule has 0 radical (unpaired) electrons. The minimum absolute atomic E-state index is 0.0482. The molecule has 0 unspecified atom stereocenters. The molecule has 0 aliphatic carbocycles. The fourth-order valence-corrected chi connectivity index (χ4v) is 2.40. The van der Waals surface area contributed by atoms with Crippen LogP contribution in [-0.4, -0.2) is 22.2 Å². The van der Waals surface area contributed by atoms with Crippen LogP contribution in [0.3, 0.4) is 0 Å². The van der Waals surface area contributed by atoms with Crippen LogP contribution < -0.4 is 0 Å². The molecule has 0 fully saturated rings. The number of hydrogen-bond acceptors (Lipinski definition) is 2. The summed E-state index contributed by atoms with van der Waals surface area (Å²) in [7, 11) is 0. The predicted octanol–water partition coefficient (Wildman–Crippen LogP) is 3.90. The molecule has 1 aromatic rings. The first-order valence-corrected chi connectivity index (χ1v) is 7.08. The highest BCUT2D eigenvalue weighted by Crippen LogP contribution is 2.22. The van der Waals surface area contributed by atoms with Gasteiger partial charge in [-0.2, -0.15) is 0 Å². The zero-order valence-electron chi connectivity index (χ0n) is 12.1. The lowest BCUT2D eigenvalue weighted by atomic mass is 9.92. The van der Waals surface area contributed by atoms with E-state index >= 15 is 0 Å². The molecule has 4 heteroatoms. The molecule has 0 heterocycles. The Balaban J connectivity index is 2.95. The number of carbonyl (C=O) groups is 2. The van der Waals surface area contributed by atoms with E-state index in [0.29, 0.717) is 12.0 Å². The summed E-state index contributed by atoms with van der Waals surface area (Å²) in [5.41, 5.74) is 1.34. The Morgan fingerprint density at radius 1 is 1.00 bits per heavy atom. The van der Waals surface area contributed by atoms with Crippen LogP contribution in [-0.2, 0) is 6.42 Å². The maximum Gasteiger partial charge on any atom is 0.336 e. The maximum atomic E-state index is 11.4. The molecule has 2 N–H and O–H groups in total. The number of rotatable bonds is 8. The fourth-order valence-electron chi connectivity index (χ4n) is 2.40. The third kappa shape index (κ3) is 4.08. The fraction of sp³-hybridized carbons (Fsp3) is 0.500. The van der Waals surface area contributed by atoms with Crippen molar-refractivity contribution in [3.8, 4) is 0 Å². The van der Waals surface area contributed by atoms with Crippen molar-refractivity contribution in [3.63, 3.8) is 0 Å². The van der Waals surface area contributed by atoms with Crippen molar-refractivity contribution in [3.05, 3.63) is 34.4 Å². The molecule has 110 valence electrons. The van der Waals surface area contributed by atoms with Gasteiger partial charge in [0.25, 0.3) is 0 Å². The summed E-state index contributed by atoms with van der Waals surface area (Å²) < 4.78 is 0. The van der Waals surface area contributed by atoms with Crippen molar-refractivity contribution in [1.82, 2.24) is 0 Å². The summed E-state index contributed by atoms with van der Waals surface area (Å²) in [5.74, 6) is -2.34. The molecule has 1 rings (SSSR count). The third-order valence-electron chi connectivity index (χ3n) is 3.52. The number of aryl methyl sites for hydroxylation is 1. The standard InChI is InChI=1S/C16H22O4/c1-3-4-5-6-7-8-12-11(2)9-10-13(15(17)18)14(12)16(19)20/h9-10H,3-8H2,1-2H3,(H,17,18)(H,19,20). The number of aromatic carboxylic acids is 2. The Kier molecular flexibility index (Phi) is 6.22. The Bertz CT molecular complexity index is 491. The van der Waals surface area contributed by atoms with Gasteiger partial charge in [0.05, 0.1) is 11.1 Å². The van der Waals surface area contributed by atoms with E-state index in [1.807, 2.05) is 6.92 Å². The minimum Gasteiger partial charge on any atom is -0.478 e. The summed E-state index contributed by atoms with van der Waals surface area (Å²) in [6.45, 7) is 3.97. The summed E-state index contributed by atoms with van der Waals surface area (Å²) in [6, 6.07) is 3.07. The first-order valence-electron chi connectivity index (χ1n) is 7.08. The quantitative estimate of drug-likeness (QED) is 0.707. The van der Waals surface area contributed by atoms with Gasteiger partial charge in [0, 0.05) is 0 Å². The van der Waals surface area contributed by atoms with Gasteiger partial charge in [-0.05, 0) is 37.0 Å². The van der Waals surface area contributed by atoms with Crippen molar-refractivity contribution in [2.45, 2.75) is 52.4 Å². The maximum absolute atomic E-state index is 11.4. The minimum atomic E-state index is -1.19. The molecular weight excluding hydrogens is 256 g/mol. The van der Waals surface area contributed by atoms with Crippen molar-refractivity contribution in [2.75, 3.05) is 0 Å². The van der Waals surface area contributed by atoms with Gasteiger partial charge in [-0.1, -0.05) is 38.7 Å². The van der Waals surface area contributed by atoms with Crippen molar-refractivity contribution in [2.24, 2.45) is 0 Å². The average Bonchev–Trinajstić information content (AvgIpc) is 2.39. The van der Waals surface area contributed by atoms with E-state index in [1.165, 1.54) is 12.5 Å². The van der Waals surface area contributed by atoms with E-state index in [9.17, 15) is 14.7 Å².